The van der Waals surface area contributed by atoms with E-state index in [0.29, 0.717) is 11.3 Å². The highest BCUT2D eigenvalue weighted by Crippen LogP contribution is 2.21. The summed E-state index contributed by atoms with van der Waals surface area (Å²) in [6.45, 7) is 3.68. The number of rotatable bonds is 5. The van der Waals surface area contributed by atoms with Crippen LogP contribution in [0.2, 0.25) is 0 Å². The topological polar surface area (TPSA) is 92.9 Å². The van der Waals surface area contributed by atoms with Crippen molar-refractivity contribution in [3.8, 4) is 11.3 Å². The van der Waals surface area contributed by atoms with E-state index in [1.165, 1.54) is 6.20 Å². The highest BCUT2D eigenvalue weighted by molar-refractivity contribution is 5.98. The van der Waals surface area contributed by atoms with Crippen molar-refractivity contribution < 1.29 is 4.79 Å². The Labute approximate surface area is 185 Å². The fourth-order valence-corrected chi connectivity index (χ4v) is 3.83. The lowest BCUT2D eigenvalue weighted by molar-refractivity contribution is 0.0991. The first-order valence-electron chi connectivity index (χ1n) is 10.6. The Kier molecular flexibility index (Phi) is 5.32. The minimum absolute atomic E-state index is 0.0365. The van der Waals surface area contributed by atoms with Crippen LogP contribution in [0.4, 0.5) is 5.82 Å². The van der Waals surface area contributed by atoms with Crippen molar-refractivity contribution >= 4 is 22.5 Å². The van der Waals surface area contributed by atoms with Gasteiger partial charge in [0.25, 0.3) is 0 Å². The maximum atomic E-state index is 13.0. The predicted molar refractivity (Wildman–Crippen MR) is 122 cm³/mol. The Balaban J connectivity index is 1.36. The predicted octanol–water partition coefficient (Wildman–Crippen LogP) is 2.00. The Bertz CT molecular complexity index is 1280. The van der Waals surface area contributed by atoms with Crippen LogP contribution >= 0.6 is 0 Å². The number of pyridine rings is 2. The number of piperazine rings is 1. The van der Waals surface area contributed by atoms with Crippen LogP contribution in [0, 0.1) is 0 Å². The van der Waals surface area contributed by atoms with Crippen LogP contribution in [0.5, 0.6) is 0 Å². The number of aryl methyl sites for hydroxylation is 1. The smallest absolute Gasteiger partial charge is 0.170 e. The third-order valence-electron chi connectivity index (χ3n) is 5.76. The summed E-state index contributed by atoms with van der Waals surface area (Å²) in [6.07, 6.45) is 7.19. The summed E-state index contributed by atoms with van der Waals surface area (Å²) in [6, 6.07) is 7.65. The summed E-state index contributed by atoms with van der Waals surface area (Å²) in [4.78, 5) is 26.6. The molecule has 0 radical (unpaired) electrons. The number of hydrogen-bond acceptors (Lipinski definition) is 8. The summed E-state index contributed by atoms with van der Waals surface area (Å²) in [5.41, 5.74) is 3.81. The number of ketones is 1. The van der Waals surface area contributed by atoms with Gasteiger partial charge in [0.1, 0.15) is 0 Å². The largest absolute Gasteiger partial charge is 0.353 e. The normalized spacial score (nSPS) is 14.8. The molecule has 0 aromatic carbocycles. The van der Waals surface area contributed by atoms with Crippen molar-refractivity contribution in [3.63, 3.8) is 0 Å². The van der Waals surface area contributed by atoms with E-state index in [2.05, 4.69) is 37.1 Å². The fourth-order valence-electron chi connectivity index (χ4n) is 3.83. The molecule has 0 unspecified atom stereocenters. The van der Waals surface area contributed by atoms with E-state index in [9.17, 15) is 4.79 Å². The van der Waals surface area contributed by atoms with Gasteiger partial charge in [-0.2, -0.15) is 10.2 Å². The Hall–Kier alpha value is -3.72. The Morgan fingerprint density at radius 1 is 1.03 bits per heavy atom. The van der Waals surface area contributed by atoms with Gasteiger partial charge in [0.15, 0.2) is 11.6 Å². The highest BCUT2D eigenvalue weighted by Gasteiger charge is 2.18. The van der Waals surface area contributed by atoms with Gasteiger partial charge < -0.3 is 9.80 Å². The number of likely N-dealkylation sites (N-methyl/N-ethyl adjacent to an activating group) is 1. The molecule has 0 amide bonds. The highest BCUT2D eigenvalue weighted by atomic mass is 16.1. The van der Waals surface area contributed by atoms with Crippen LogP contribution in [0.25, 0.3) is 22.2 Å². The standard InChI is InChI=1S/C23H24N8O/c1-29-5-7-31(8-6-29)23-9-17(13-25-28-23)22(32)11-19-10-21-16(12-24-19)3-4-20(27-21)18-14-26-30(2)15-18/h3-4,9-10,12-15H,5-8,11H2,1-2H3. The molecule has 1 aliphatic heterocycles. The molecule has 1 fully saturated rings. The first-order chi connectivity index (χ1) is 15.5. The zero-order valence-electron chi connectivity index (χ0n) is 18.1. The molecule has 4 aromatic heterocycles. The number of carbonyl (C=O) groups is 1. The van der Waals surface area contributed by atoms with Gasteiger partial charge in [-0.05, 0) is 31.3 Å². The molecule has 4 aromatic rings. The molecular formula is C23H24N8O. The fraction of sp³-hybridized carbons (Fsp3) is 0.304. The van der Waals surface area contributed by atoms with Gasteiger partial charge in [-0.25, -0.2) is 4.98 Å². The molecule has 0 atom stereocenters. The average molecular weight is 429 g/mol. The van der Waals surface area contributed by atoms with Gasteiger partial charge in [0.05, 0.1) is 35.7 Å². The molecule has 1 aliphatic rings. The van der Waals surface area contributed by atoms with Crippen molar-refractivity contribution in [3.05, 3.63) is 60.3 Å². The maximum absolute atomic E-state index is 13.0. The molecule has 9 nitrogen and oxygen atoms in total. The van der Waals surface area contributed by atoms with E-state index in [0.717, 1.165) is 54.2 Å². The van der Waals surface area contributed by atoms with E-state index < -0.39 is 0 Å². The molecule has 0 saturated carbocycles. The number of nitrogens with zero attached hydrogens (tertiary/aromatic N) is 8. The van der Waals surface area contributed by atoms with Crippen molar-refractivity contribution in [1.29, 1.82) is 0 Å². The number of anilines is 1. The molecule has 162 valence electrons. The van der Waals surface area contributed by atoms with Crippen LogP contribution < -0.4 is 4.90 Å². The number of fused-ring (bicyclic) bond motifs is 1. The van der Waals surface area contributed by atoms with Gasteiger partial charge in [-0.1, -0.05) is 0 Å². The maximum Gasteiger partial charge on any atom is 0.170 e. The average Bonchev–Trinajstić information content (AvgIpc) is 3.25. The number of Topliss-reactive ketones (excluding diaryl/α,β-unsaturated/α-hetero) is 1. The zero-order valence-corrected chi connectivity index (χ0v) is 18.1. The second-order valence-electron chi connectivity index (χ2n) is 8.16. The third kappa shape index (κ3) is 4.19. The van der Waals surface area contributed by atoms with E-state index in [4.69, 9.17) is 4.98 Å². The van der Waals surface area contributed by atoms with Crippen LogP contribution in [0.1, 0.15) is 16.1 Å². The van der Waals surface area contributed by atoms with E-state index in [1.807, 2.05) is 37.5 Å². The van der Waals surface area contributed by atoms with Crippen molar-refractivity contribution in [2.45, 2.75) is 6.42 Å². The summed E-state index contributed by atoms with van der Waals surface area (Å²) >= 11 is 0. The minimum atomic E-state index is -0.0365. The van der Waals surface area contributed by atoms with Crippen molar-refractivity contribution in [2.24, 2.45) is 7.05 Å². The monoisotopic (exact) mass is 428 g/mol. The quantitative estimate of drug-likeness (QED) is 0.446. The molecular weight excluding hydrogens is 404 g/mol. The Morgan fingerprint density at radius 2 is 1.88 bits per heavy atom. The third-order valence-corrected chi connectivity index (χ3v) is 5.76. The molecule has 0 spiro atoms. The molecule has 0 bridgehead atoms. The molecule has 0 N–H and O–H groups in total. The van der Waals surface area contributed by atoms with Gasteiger partial charge in [-0.3, -0.25) is 14.5 Å². The number of hydrogen-bond donors (Lipinski definition) is 0. The lowest BCUT2D eigenvalue weighted by atomic mass is 10.1. The Morgan fingerprint density at radius 3 is 2.66 bits per heavy atom. The summed E-state index contributed by atoms with van der Waals surface area (Å²) < 4.78 is 1.75. The molecule has 0 aliphatic carbocycles. The summed E-state index contributed by atoms with van der Waals surface area (Å²) in [5, 5.41) is 13.4. The van der Waals surface area contributed by atoms with Crippen molar-refractivity contribution in [2.75, 3.05) is 38.1 Å². The van der Waals surface area contributed by atoms with E-state index in [1.54, 1.807) is 17.1 Å². The second kappa shape index (κ2) is 8.43. The van der Waals surface area contributed by atoms with Crippen LogP contribution in [-0.2, 0) is 13.5 Å². The van der Waals surface area contributed by atoms with Gasteiger partial charge in [0.2, 0.25) is 0 Å². The molecule has 9 heteroatoms. The minimum Gasteiger partial charge on any atom is -0.353 e. The van der Waals surface area contributed by atoms with Crippen LogP contribution in [0.15, 0.2) is 49.1 Å². The molecule has 5 heterocycles. The lowest BCUT2D eigenvalue weighted by Gasteiger charge is -2.32. The van der Waals surface area contributed by atoms with Crippen molar-refractivity contribution in [1.82, 2.24) is 34.8 Å². The molecule has 1 saturated heterocycles. The van der Waals surface area contributed by atoms with Gasteiger partial charge >= 0.3 is 0 Å². The number of carbonyl (C=O) groups excluding carboxylic acids is 1. The number of aromatic nitrogens is 6. The van der Waals surface area contributed by atoms with Gasteiger partial charge in [-0.15, -0.1) is 5.10 Å². The SMILES string of the molecule is CN1CCN(c2cc(C(=O)Cc3cc4nc(-c5cnn(C)c5)ccc4cn3)cnn2)CC1. The first-order valence-corrected chi connectivity index (χ1v) is 10.6. The molecule has 32 heavy (non-hydrogen) atoms. The van der Waals surface area contributed by atoms with E-state index in [-0.39, 0.29) is 12.2 Å². The first kappa shape index (κ1) is 20.2. The summed E-state index contributed by atoms with van der Waals surface area (Å²) in [5.74, 6) is 0.712. The van der Waals surface area contributed by atoms with E-state index >= 15 is 0 Å². The second-order valence-corrected chi connectivity index (χ2v) is 8.16. The zero-order chi connectivity index (χ0) is 22.1. The molecule has 5 rings (SSSR count). The van der Waals surface area contributed by atoms with Gasteiger partial charge in [0, 0.05) is 62.1 Å². The van der Waals surface area contributed by atoms with Crippen LogP contribution in [0.3, 0.4) is 0 Å². The van der Waals surface area contributed by atoms with Crippen LogP contribution in [-0.4, -0.2) is 73.9 Å². The summed E-state index contributed by atoms with van der Waals surface area (Å²) in [7, 11) is 3.98. The lowest BCUT2D eigenvalue weighted by Crippen LogP contribution is -2.44.